The van der Waals surface area contributed by atoms with Crippen molar-refractivity contribution in [3.05, 3.63) is 50.6 Å². The first kappa shape index (κ1) is 18.8. The van der Waals surface area contributed by atoms with Crippen LogP contribution in [0.2, 0.25) is 0 Å². The average Bonchev–Trinajstić information content (AvgIpc) is 3.03. The van der Waals surface area contributed by atoms with E-state index >= 15 is 0 Å². The second-order valence-electron chi connectivity index (χ2n) is 6.50. The highest BCUT2D eigenvalue weighted by atomic mass is 16.7. The van der Waals surface area contributed by atoms with E-state index in [-0.39, 0.29) is 25.0 Å². The number of hydrazine groups is 5. The second kappa shape index (κ2) is 5.51. The highest BCUT2D eigenvalue weighted by molar-refractivity contribution is 5.74. The smallest absolute Gasteiger partial charge is 0.272 e. The van der Waals surface area contributed by atoms with Crippen LogP contribution in [-0.2, 0) is 4.79 Å². The molecule has 22 heteroatoms. The standard InChI is InChI=1S/C8H9N11O11/c1-2(20)9-3-5-12(17(25)26)6-4(9)11(16(23)24)8(14(6)19(29)30)7(10(3)15(21)22)13(5)18(27)28/h3-8H,1H3. The molecule has 0 aliphatic carbocycles. The van der Waals surface area contributed by atoms with Crippen LogP contribution in [0.5, 0.6) is 0 Å². The van der Waals surface area contributed by atoms with E-state index in [0.29, 0.717) is 4.90 Å². The van der Waals surface area contributed by atoms with Gasteiger partial charge in [0.2, 0.25) is 18.2 Å². The zero-order valence-corrected chi connectivity index (χ0v) is 14.4. The van der Waals surface area contributed by atoms with Crippen molar-refractivity contribution in [1.82, 2.24) is 29.9 Å². The van der Waals surface area contributed by atoms with Crippen LogP contribution >= 0.6 is 0 Å². The minimum atomic E-state index is -2.32. The lowest BCUT2D eigenvalue weighted by molar-refractivity contribution is -0.755. The molecule has 162 valence electrons. The third-order valence-corrected chi connectivity index (χ3v) is 5.39. The number of carbonyl (C=O) groups is 1. The van der Waals surface area contributed by atoms with Gasteiger partial charge in [0.05, 0.1) is 0 Å². The van der Waals surface area contributed by atoms with Crippen molar-refractivity contribution in [2.75, 3.05) is 0 Å². The Labute approximate surface area is 161 Å². The summed E-state index contributed by atoms with van der Waals surface area (Å²) in [5.74, 6) is -1.07. The highest BCUT2D eigenvalue weighted by Crippen LogP contribution is 2.51. The van der Waals surface area contributed by atoms with Crippen molar-refractivity contribution in [3.63, 3.8) is 0 Å². The van der Waals surface area contributed by atoms with Gasteiger partial charge in [0.25, 0.3) is 24.7 Å². The number of hydrogen-bond donors (Lipinski definition) is 0. The molecule has 5 fully saturated rings. The molecule has 5 aliphatic heterocycles. The number of hydrogen-bond acceptors (Lipinski definition) is 11. The van der Waals surface area contributed by atoms with Crippen LogP contribution in [-0.4, -0.2) is 98.0 Å². The number of amides is 1. The fraction of sp³-hybridized carbons (Fsp3) is 0.875. The minimum Gasteiger partial charge on any atom is -0.283 e. The molecular formula is C8H9N11O11. The summed E-state index contributed by atoms with van der Waals surface area (Å²) in [4.78, 5) is 71.5. The summed E-state index contributed by atoms with van der Waals surface area (Å²) >= 11 is 0. The summed E-state index contributed by atoms with van der Waals surface area (Å²) in [6, 6.07) is 0. The molecule has 6 bridgehead atoms. The molecule has 5 saturated heterocycles. The van der Waals surface area contributed by atoms with Crippen LogP contribution in [0.15, 0.2) is 0 Å². The zero-order valence-electron chi connectivity index (χ0n) is 14.4. The van der Waals surface area contributed by atoms with Crippen LogP contribution in [0.4, 0.5) is 0 Å². The molecule has 22 nitrogen and oxygen atoms in total. The molecule has 5 heterocycles. The SMILES string of the molecule is CC(=O)N1C2C3N([N+](=O)[O-])C(C4N([N+](=O)[O-])C1C(N4[N+](=O)[O-])N3[N+](=O)[O-])N2[N+](=O)[O-]. The summed E-state index contributed by atoms with van der Waals surface area (Å²) < 4.78 is 0. The van der Waals surface area contributed by atoms with E-state index in [1.54, 1.807) is 0 Å². The molecule has 0 spiro atoms. The first-order valence-electron chi connectivity index (χ1n) is 7.85. The fourth-order valence-corrected chi connectivity index (χ4v) is 4.67. The average molecular weight is 435 g/mol. The molecule has 1 amide bonds. The van der Waals surface area contributed by atoms with Gasteiger partial charge >= 0.3 is 0 Å². The zero-order chi connectivity index (χ0) is 22.4. The van der Waals surface area contributed by atoms with E-state index in [1.165, 1.54) is 0 Å². The Hall–Kier alpha value is -4.53. The van der Waals surface area contributed by atoms with Crippen molar-refractivity contribution in [2.45, 2.75) is 43.9 Å². The lowest BCUT2D eigenvalue weighted by Crippen LogP contribution is -2.76. The van der Waals surface area contributed by atoms with Gasteiger partial charge in [-0.3, -0.25) is 9.69 Å². The van der Waals surface area contributed by atoms with Crippen LogP contribution in [0, 0.1) is 50.6 Å². The Kier molecular flexibility index (Phi) is 3.45. The topological polar surface area (TPSA) is 252 Å². The van der Waals surface area contributed by atoms with Crippen LogP contribution in [0.1, 0.15) is 6.92 Å². The third kappa shape index (κ3) is 1.88. The molecule has 0 aromatic rings. The van der Waals surface area contributed by atoms with Crippen LogP contribution in [0.25, 0.3) is 0 Å². The number of piperazine rings is 1. The van der Waals surface area contributed by atoms with Gasteiger partial charge in [-0.15, -0.1) is 0 Å². The Morgan fingerprint density at radius 1 is 0.533 bits per heavy atom. The predicted molar refractivity (Wildman–Crippen MR) is 79.4 cm³/mol. The Morgan fingerprint density at radius 2 is 0.733 bits per heavy atom. The van der Waals surface area contributed by atoms with Gasteiger partial charge in [-0.2, -0.15) is 0 Å². The molecular weight excluding hydrogens is 426 g/mol. The largest absolute Gasteiger partial charge is 0.283 e. The number of nitrogens with zero attached hydrogens (tertiary/aromatic N) is 11. The van der Waals surface area contributed by atoms with Crippen molar-refractivity contribution in [3.8, 4) is 0 Å². The van der Waals surface area contributed by atoms with Gasteiger partial charge in [-0.1, -0.05) is 25.0 Å². The molecule has 6 atom stereocenters. The van der Waals surface area contributed by atoms with E-state index in [1.807, 2.05) is 0 Å². The first-order chi connectivity index (χ1) is 13.9. The monoisotopic (exact) mass is 435 g/mol. The van der Waals surface area contributed by atoms with E-state index in [4.69, 9.17) is 0 Å². The molecule has 30 heavy (non-hydrogen) atoms. The van der Waals surface area contributed by atoms with Gasteiger partial charge in [0.15, 0.2) is 25.2 Å². The Morgan fingerprint density at radius 3 is 0.933 bits per heavy atom. The van der Waals surface area contributed by atoms with E-state index in [0.717, 1.165) is 6.92 Å². The van der Waals surface area contributed by atoms with Gasteiger partial charge in [-0.25, -0.2) is 50.6 Å². The molecule has 5 aliphatic rings. The number of rotatable bonds is 5. The minimum absolute atomic E-state index is 0.0262. The van der Waals surface area contributed by atoms with Crippen LogP contribution in [0.3, 0.4) is 0 Å². The Bertz CT molecular complexity index is 784. The summed E-state index contributed by atoms with van der Waals surface area (Å²) in [6.07, 6.45) is -12.9. The number of carbonyl (C=O) groups excluding carboxylic acids is 1. The molecule has 0 aromatic heterocycles. The quantitative estimate of drug-likeness (QED) is 0.297. The highest BCUT2D eigenvalue weighted by Gasteiger charge is 2.87. The maximum absolute atomic E-state index is 12.3. The van der Waals surface area contributed by atoms with Crippen molar-refractivity contribution in [2.24, 2.45) is 0 Å². The summed E-state index contributed by atoms with van der Waals surface area (Å²) in [7, 11) is 0. The lowest BCUT2D eigenvalue weighted by atomic mass is 10.1. The van der Waals surface area contributed by atoms with Gasteiger partial charge < -0.3 is 0 Å². The third-order valence-electron chi connectivity index (χ3n) is 5.39. The maximum atomic E-state index is 12.3. The van der Waals surface area contributed by atoms with Crippen molar-refractivity contribution in [1.29, 1.82) is 0 Å². The van der Waals surface area contributed by atoms with Crippen molar-refractivity contribution >= 4 is 5.91 Å². The molecule has 5 rings (SSSR count). The molecule has 6 unspecified atom stereocenters. The van der Waals surface area contributed by atoms with E-state index < -0.39 is 68.1 Å². The Balaban J connectivity index is 2.12. The number of nitro groups is 5. The molecule has 0 radical (unpaired) electrons. The van der Waals surface area contributed by atoms with Crippen molar-refractivity contribution < 1.29 is 30.0 Å². The molecule has 0 saturated carbocycles. The van der Waals surface area contributed by atoms with Gasteiger partial charge in [0, 0.05) is 6.92 Å². The summed E-state index contributed by atoms with van der Waals surface area (Å²) in [6.45, 7) is 0.825. The van der Waals surface area contributed by atoms with E-state index in [9.17, 15) is 55.4 Å². The fourth-order valence-electron chi connectivity index (χ4n) is 4.67. The molecule has 0 N–H and O–H groups in total. The van der Waals surface area contributed by atoms with E-state index in [2.05, 4.69) is 0 Å². The predicted octanol–water partition coefficient (Wildman–Crippen LogP) is -3.69. The molecule has 0 aromatic carbocycles. The summed E-state index contributed by atoms with van der Waals surface area (Å²) in [5.41, 5.74) is 0. The van der Waals surface area contributed by atoms with Gasteiger partial charge in [-0.05, 0) is 0 Å². The normalized spacial score (nSPS) is 33.2. The second-order valence-corrected chi connectivity index (χ2v) is 6.50. The van der Waals surface area contributed by atoms with Gasteiger partial charge in [0.1, 0.15) is 0 Å². The maximum Gasteiger partial charge on any atom is 0.272 e. The first-order valence-corrected chi connectivity index (χ1v) is 7.85. The lowest BCUT2D eigenvalue weighted by Gasteiger charge is -2.44. The van der Waals surface area contributed by atoms with Crippen LogP contribution < -0.4 is 0 Å². The summed E-state index contributed by atoms with van der Waals surface area (Å²) in [5, 5.41) is 52.4.